The van der Waals surface area contributed by atoms with E-state index in [1.807, 2.05) is 25.1 Å². The highest BCUT2D eigenvalue weighted by molar-refractivity contribution is 6.00. The molecule has 3 N–H and O–H groups in total. The van der Waals surface area contributed by atoms with Gasteiger partial charge in [-0.05, 0) is 48.1 Å². The molecule has 1 aliphatic rings. The number of amides is 3. The molecule has 1 aliphatic heterocycles. The molecule has 1 saturated heterocycles. The summed E-state index contributed by atoms with van der Waals surface area (Å²) in [4.78, 5) is 40.4. The van der Waals surface area contributed by atoms with Crippen LogP contribution in [0.25, 0.3) is 0 Å². The summed E-state index contributed by atoms with van der Waals surface area (Å²) in [5, 5.41) is 16.9. The number of hydrogen-bond donors (Lipinski definition) is 3. The van der Waals surface area contributed by atoms with Crippen LogP contribution in [0.2, 0.25) is 0 Å². The standard InChI is InChI=1S/C29H38F2N4O4/c1-3-5-9-35-28(38)18-34(19-29(35)39)17-27(37)33-25(13-22-11-23(30)14-24(31)12-22)26(36)16-32-15-21-8-6-7-20(4-2)10-21/h6-8,10-12,14,25-26,32,36H,3-5,9,13,15-19H2,1-2H3,(H,33,37)/t25-,26+/m0/s1. The average Bonchev–Trinajstić information content (AvgIpc) is 2.87. The maximum Gasteiger partial charge on any atom is 0.243 e. The second-order valence-electron chi connectivity index (χ2n) is 9.97. The van der Waals surface area contributed by atoms with E-state index in [0.29, 0.717) is 13.1 Å². The maximum absolute atomic E-state index is 13.8. The molecule has 8 nitrogen and oxygen atoms in total. The number of aryl methyl sites for hydroxylation is 1. The van der Waals surface area contributed by atoms with Gasteiger partial charge in [0.25, 0.3) is 0 Å². The SMILES string of the molecule is CCCCN1C(=O)CN(CC(=O)N[C@@H](Cc2cc(F)cc(F)c2)[C@H](O)CNCc2cccc(CC)c2)CC1=O. The summed E-state index contributed by atoms with van der Waals surface area (Å²) in [7, 11) is 0. The van der Waals surface area contributed by atoms with Gasteiger partial charge in [0.1, 0.15) is 11.6 Å². The monoisotopic (exact) mass is 544 g/mol. The first-order valence-corrected chi connectivity index (χ1v) is 13.4. The molecule has 2 aromatic rings. The molecule has 2 atom stereocenters. The number of rotatable bonds is 14. The number of carbonyl (C=O) groups excluding carboxylic acids is 3. The van der Waals surface area contributed by atoms with Crippen LogP contribution in [-0.2, 0) is 33.8 Å². The summed E-state index contributed by atoms with van der Waals surface area (Å²) < 4.78 is 27.6. The van der Waals surface area contributed by atoms with Crippen LogP contribution in [-0.4, -0.2) is 77.5 Å². The van der Waals surface area contributed by atoms with Crippen LogP contribution in [0.15, 0.2) is 42.5 Å². The summed E-state index contributed by atoms with van der Waals surface area (Å²) in [6.07, 6.45) is 1.37. The third kappa shape index (κ3) is 9.49. The number of nitrogens with one attached hydrogen (secondary N) is 2. The highest BCUT2D eigenvalue weighted by Crippen LogP contribution is 2.13. The molecule has 1 heterocycles. The van der Waals surface area contributed by atoms with Gasteiger partial charge in [0.05, 0.1) is 31.8 Å². The Morgan fingerprint density at radius 3 is 2.31 bits per heavy atom. The molecule has 3 rings (SSSR count). The Kier molecular flexibility index (Phi) is 11.5. The normalized spacial score (nSPS) is 15.9. The molecule has 3 amide bonds. The van der Waals surface area contributed by atoms with Crippen molar-refractivity contribution in [1.29, 1.82) is 0 Å². The van der Waals surface area contributed by atoms with E-state index in [9.17, 15) is 28.3 Å². The van der Waals surface area contributed by atoms with Gasteiger partial charge < -0.3 is 15.7 Å². The number of carbonyl (C=O) groups is 3. The van der Waals surface area contributed by atoms with E-state index in [4.69, 9.17) is 0 Å². The first kappa shape index (κ1) is 30.3. The van der Waals surface area contributed by atoms with Crippen LogP contribution in [0.1, 0.15) is 43.4 Å². The number of aliphatic hydroxyl groups is 1. The zero-order valence-electron chi connectivity index (χ0n) is 22.6. The number of nitrogens with zero attached hydrogens (tertiary/aromatic N) is 2. The molecular weight excluding hydrogens is 506 g/mol. The Hall–Kier alpha value is -3.21. The number of hydrogen-bond acceptors (Lipinski definition) is 6. The third-order valence-corrected chi connectivity index (χ3v) is 6.69. The molecule has 39 heavy (non-hydrogen) atoms. The zero-order chi connectivity index (χ0) is 28.4. The predicted molar refractivity (Wildman–Crippen MR) is 144 cm³/mol. The maximum atomic E-state index is 13.8. The largest absolute Gasteiger partial charge is 0.390 e. The topological polar surface area (TPSA) is 102 Å². The molecule has 0 saturated carbocycles. The minimum absolute atomic E-state index is 0.0166. The van der Waals surface area contributed by atoms with Crippen molar-refractivity contribution in [3.63, 3.8) is 0 Å². The number of imide groups is 1. The molecule has 0 spiro atoms. The fraction of sp³-hybridized carbons (Fsp3) is 0.483. The van der Waals surface area contributed by atoms with E-state index in [-0.39, 0.29) is 50.0 Å². The summed E-state index contributed by atoms with van der Waals surface area (Å²) in [6.45, 7) is 4.65. The van der Waals surface area contributed by atoms with Crippen LogP contribution < -0.4 is 10.6 Å². The van der Waals surface area contributed by atoms with Gasteiger partial charge in [-0.15, -0.1) is 0 Å². The van der Waals surface area contributed by atoms with Gasteiger partial charge in [-0.1, -0.05) is 44.5 Å². The quantitative estimate of drug-likeness (QED) is 0.315. The fourth-order valence-electron chi connectivity index (χ4n) is 4.61. The van der Waals surface area contributed by atoms with E-state index in [0.717, 1.165) is 43.0 Å². The van der Waals surface area contributed by atoms with E-state index in [1.165, 1.54) is 15.4 Å². The van der Waals surface area contributed by atoms with Gasteiger partial charge in [-0.3, -0.25) is 24.2 Å². The molecule has 0 aromatic heterocycles. The van der Waals surface area contributed by atoms with E-state index >= 15 is 0 Å². The lowest BCUT2D eigenvalue weighted by molar-refractivity contribution is -0.151. The molecule has 212 valence electrons. The lowest BCUT2D eigenvalue weighted by Gasteiger charge is -2.33. The zero-order valence-corrected chi connectivity index (χ0v) is 22.6. The lowest BCUT2D eigenvalue weighted by atomic mass is 10.0. The van der Waals surface area contributed by atoms with Crippen LogP contribution in [0, 0.1) is 11.6 Å². The summed E-state index contributed by atoms with van der Waals surface area (Å²) in [5.74, 6) is -2.71. The second kappa shape index (κ2) is 14.8. The van der Waals surface area contributed by atoms with Gasteiger partial charge in [-0.25, -0.2) is 8.78 Å². The van der Waals surface area contributed by atoms with Gasteiger partial charge >= 0.3 is 0 Å². The predicted octanol–water partition coefficient (Wildman–Crippen LogP) is 2.18. The Morgan fingerprint density at radius 2 is 1.67 bits per heavy atom. The van der Waals surface area contributed by atoms with Gasteiger partial charge in [0, 0.05) is 25.7 Å². The number of halogens is 2. The molecule has 10 heteroatoms. The van der Waals surface area contributed by atoms with Crippen molar-refractivity contribution in [3.05, 3.63) is 70.8 Å². The van der Waals surface area contributed by atoms with Crippen molar-refractivity contribution in [2.75, 3.05) is 32.7 Å². The van der Waals surface area contributed by atoms with E-state index in [2.05, 4.69) is 23.6 Å². The van der Waals surface area contributed by atoms with Gasteiger partial charge in [-0.2, -0.15) is 0 Å². The highest BCUT2D eigenvalue weighted by Gasteiger charge is 2.32. The van der Waals surface area contributed by atoms with Crippen LogP contribution >= 0.6 is 0 Å². The fourth-order valence-corrected chi connectivity index (χ4v) is 4.61. The Balaban J connectivity index is 1.63. The molecule has 0 radical (unpaired) electrons. The molecule has 0 aliphatic carbocycles. The third-order valence-electron chi connectivity index (χ3n) is 6.69. The van der Waals surface area contributed by atoms with Crippen molar-refractivity contribution in [3.8, 4) is 0 Å². The molecule has 1 fully saturated rings. The minimum Gasteiger partial charge on any atom is -0.390 e. The Bertz CT molecular complexity index is 1110. The van der Waals surface area contributed by atoms with Crippen molar-refractivity contribution >= 4 is 17.7 Å². The lowest BCUT2D eigenvalue weighted by Crippen LogP contribution is -2.57. The van der Waals surface area contributed by atoms with Crippen LogP contribution in [0.3, 0.4) is 0 Å². The van der Waals surface area contributed by atoms with Gasteiger partial charge in [0.15, 0.2) is 0 Å². The average molecular weight is 545 g/mol. The highest BCUT2D eigenvalue weighted by atomic mass is 19.1. The summed E-state index contributed by atoms with van der Waals surface area (Å²) in [6, 6.07) is 10.2. The molecule has 2 aromatic carbocycles. The van der Waals surface area contributed by atoms with E-state index < -0.39 is 29.7 Å². The second-order valence-corrected chi connectivity index (χ2v) is 9.97. The molecule has 0 unspecified atom stereocenters. The van der Waals surface area contributed by atoms with E-state index in [1.54, 1.807) is 0 Å². The number of unbranched alkanes of at least 4 members (excludes halogenated alkanes) is 1. The number of aliphatic hydroxyl groups excluding tert-OH is 1. The smallest absolute Gasteiger partial charge is 0.243 e. The Morgan fingerprint density at radius 1 is 1.00 bits per heavy atom. The van der Waals surface area contributed by atoms with Crippen molar-refractivity contribution in [2.24, 2.45) is 0 Å². The van der Waals surface area contributed by atoms with Crippen molar-refractivity contribution in [1.82, 2.24) is 20.4 Å². The molecule has 0 bridgehead atoms. The van der Waals surface area contributed by atoms with Crippen molar-refractivity contribution < 1.29 is 28.3 Å². The first-order valence-electron chi connectivity index (χ1n) is 13.4. The van der Waals surface area contributed by atoms with Gasteiger partial charge in [0.2, 0.25) is 17.7 Å². The summed E-state index contributed by atoms with van der Waals surface area (Å²) >= 11 is 0. The summed E-state index contributed by atoms with van der Waals surface area (Å²) in [5.41, 5.74) is 2.51. The van der Waals surface area contributed by atoms with Crippen LogP contribution in [0.4, 0.5) is 8.78 Å². The Labute approximate surface area is 228 Å². The molecular formula is C29H38F2N4O4. The van der Waals surface area contributed by atoms with Crippen molar-refractivity contribution in [2.45, 2.75) is 58.2 Å². The first-order chi connectivity index (χ1) is 18.7. The van der Waals surface area contributed by atoms with Crippen LogP contribution in [0.5, 0.6) is 0 Å². The number of benzene rings is 2. The number of piperazine rings is 1. The minimum atomic E-state index is -1.08.